The number of fused-ring (bicyclic) bond motifs is 1. The molecule has 0 aliphatic carbocycles. The summed E-state index contributed by atoms with van der Waals surface area (Å²) >= 11 is 5.78. The number of nitrogens with one attached hydrogen (secondary N) is 2. The fourth-order valence-corrected chi connectivity index (χ4v) is 2.47. The Kier molecular flexibility index (Phi) is 4.09. The molecule has 3 rings (SSSR count). The van der Waals surface area contributed by atoms with E-state index < -0.39 is 5.82 Å². The Balaban J connectivity index is 1.72. The van der Waals surface area contributed by atoms with E-state index in [0.717, 1.165) is 5.56 Å². The summed E-state index contributed by atoms with van der Waals surface area (Å²) in [6.07, 6.45) is 0. The van der Waals surface area contributed by atoms with Crippen LogP contribution in [0.25, 0.3) is 11.0 Å². The molecule has 114 valence electrons. The summed E-state index contributed by atoms with van der Waals surface area (Å²) in [6.45, 7) is 2.37. The molecule has 0 spiro atoms. The molecule has 22 heavy (non-hydrogen) atoms. The second-order valence-electron chi connectivity index (χ2n) is 5.10. The van der Waals surface area contributed by atoms with Crippen LogP contribution < -0.4 is 5.32 Å². The first-order valence-corrected chi connectivity index (χ1v) is 7.24. The summed E-state index contributed by atoms with van der Waals surface area (Å²) in [5.74, 6) is -0.149. The zero-order chi connectivity index (χ0) is 15.7. The third kappa shape index (κ3) is 2.96. The van der Waals surface area contributed by atoms with Gasteiger partial charge in [0.15, 0.2) is 5.82 Å². The van der Waals surface area contributed by atoms with Crippen LogP contribution in [0.1, 0.15) is 24.4 Å². The molecule has 0 radical (unpaired) electrons. The van der Waals surface area contributed by atoms with Gasteiger partial charge >= 0.3 is 0 Å². The van der Waals surface area contributed by atoms with Crippen molar-refractivity contribution in [3.63, 3.8) is 0 Å². The molecule has 1 aromatic heterocycles. The number of hydrogen-bond donors (Lipinski definition) is 2. The number of hydrogen-bond acceptors (Lipinski definition) is 2. The SMILES string of the molecule is CC(NCc1nc2c(F)cccc2[nH]1)c1ccc(F)c(Cl)c1. The second kappa shape index (κ2) is 6.02. The fourth-order valence-electron chi connectivity index (χ4n) is 2.28. The summed E-state index contributed by atoms with van der Waals surface area (Å²) in [5, 5.41) is 3.34. The Morgan fingerprint density at radius 1 is 1.23 bits per heavy atom. The minimum Gasteiger partial charge on any atom is -0.341 e. The maximum atomic E-state index is 13.6. The van der Waals surface area contributed by atoms with Crippen molar-refractivity contribution in [1.82, 2.24) is 15.3 Å². The van der Waals surface area contributed by atoms with Crippen molar-refractivity contribution in [2.75, 3.05) is 0 Å². The number of aromatic amines is 1. The number of benzene rings is 2. The van der Waals surface area contributed by atoms with Gasteiger partial charge in [-0.3, -0.25) is 0 Å². The Morgan fingerprint density at radius 2 is 2.05 bits per heavy atom. The number of nitrogens with zero attached hydrogens (tertiary/aromatic N) is 1. The highest BCUT2D eigenvalue weighted by atomic mass is 35.5. The van der Waals surface area contributed by atoms with Crippen molar-refractivity contribution in [3.8, 4) is 0 Å². The van der Waals surface area contributed by atoms with E-state index in [1.807, 2.05) is 6.92 Å². The van der Waals surface area contributed by atoms with E-state index >= 15 is 0 Å². The number of H-pyrrole nitrogens is 1. The van der Waals surface area contributed by atoms with Crippen molar-refractivity contribution in [1.29, 1.82) is 0 Å². The molecule has 0 aliphatic rings. The number of rotatable bonds is 4. The van der Waals surface area contributed by atoms with Gasteiger partial charge in [-0.05, 0) is 36.8 Å². The molecule has 1 unspecified atom stereocenters. The normalized spacial score (nSPS) is 12.7. The van der Waals surface area contributed by atoms with Gasteiger partial charge in [-0.15, -0.1) is 0 Å². The van der Waals surface area contributed by atoms with Crippen LogP contribution >= 0.6 is 11.6 Å². The Hall–Kier alpha value is -1.98. The number of para-hydroxylation sites is 1. The zero-order valence-electron chi connectivity index (χ0n) is 11.8. The summed E-state index contributed by atoms with van der Waals surface area (Å²) in [5.41, 5.74) is 1.86. The molecule has 2 N–H and O–H groups in total. The third-order valence-corrected chi connectivity index (χ3v) is 3.82. The van der Waals surface area contributed by atoms with E-state index in [4.69, 9.17) is 11.6 Å². The monoisotopic (exact) mass is 321 g/mol. The maximum absolute atomic E-state index is 13.6. The minimum atomic E-state index is -0.439. The summed E-state index contributed by atoms with van der Waals surface area (Å²) < 4.78 is 26.8. The summed E-state index contributed by atoms with van der Waals surface area (Å²) in [6, 6.07) is 9.35. The molecule has 0 aliphatic heterocycles. The predicted octanol–water partition coefficient (Wildman–Crippen LogP) is 4.35. The van der Waals surface area contributed by atoms with Gasteiger partial charge in [-0.25, -0.2) is 13.8 Å². The first-order valence-electron chi connectivity index (χ1n) is 6.86. The van der Waals surface area contributed by atoms with Gasteiger partial charge in [0.2, 0.25) is 0 Å². The lowest BCUT2D eigenvalue weighted by molar-refractivity contribution is 0.559. The van der Waals surface area contributed by atoms with Crippen LogP contribution in [-0.4, -0.2) is 9.97 Å². The summed E-state index contributed by atoms with van der Waals surface area (Å²) in [7, 11) is 0. The molecular weight excluding hydrogens is 308 g/mol. The van der Waals surface area contributed by atoms with Crippen LogP contribution in [0.4, 0.5) is 8.78 Å². The highest BCUT2D eigenvalue weighted by molar-refractivity contribution is 6.30. The minimum absolute atomic E-state index is 0.0452. The van der Waals surface area contributed by atoms with Crippen molar-refractivity contribution in [3.05, 3.63) is 64.4 Å². The van der Waals surface area contributed by atoms with Gasteiger partial charge in [0.25, 0.3) is 0 Å². The van der Waals surface area contributed by atoms with Crippen molar-refractivity contribution >= 4 is 22.6 Å². The molecule has 2 aromatic carbocycles. The second-order valence-corrected chi connectivity index (χ2v) is 5.50. The van der Waals surface area contributed by atoms with Gasteiger partial charge in [-0.1, -0.05) is 23.7 Å². The van der Waals surface area contributed by atoms with E-state index in [9.17, 15) is 8.78 Å². The summed E-state index contributed by atoms with van der Waals surface area (Å²) in [4.78, 5) is 7.29. The number of halogens is 3. The van der Waals surface area contributed by atoms with Crippen LogP contribution in [0, 0.1) is 11.6 Å². The molecule has 0 bridgehead atoms. The highest BCUT2D eigenvalue weighted by Gasteiger charge is 2.10. The van der Waals surface area contributed by atoms with E-state index in [1.54, 1.807) is 24.3 Å². The maximum Gasteiger partial charge on any atom is 0.151 e. The van der Waals surface area contributed by atoms with Gasteiger partial charge < -0.3 is 10.3 Å². The molecule has 1 heterocycles. The highest BCUT2D eigenvalue weighted by Crippen LogP contribution is 2.21. The molecule has 3 aromatic rings. The topological polar surface area (TPSA) is 40.7 Å². The Bertz CT molecular complexity index is 816. The Morgan fingerprint density at radius 3 is 2.77 bits per heavy atom. The average Bonchev–Trinajstić information content (AvgIpc) is 2.92. The van der Waals surface area contributed by atoms with Crippen LogP contribution in [0.3, 0.4) is 0 Å². The largest absolute Gasteiger partial charge is 0.341 e. The van der Waals surface area contributed by atoms with Crippen LogP contribution in [0.5, 0.6) is 0 Å². The van der Waals surface area contributed by atoms with Gasteiger partial charge in [-0.2, -0.15) is 0 Å². The van der Waals surface area contributed by atoms with Crippen molar-refractivity contribution in [2.24, 2.45) is 0 Å². The quantitative estimate of drug-likeness (QED) is 0.750. The average molecular weight is 322 g/mol. The van der Waals surface area contributed by atoms with E-state index in [-0.39, 0.29) is 16.9 Å². The third-order valence-electron chi connectivity index (χ3n) is 3.53. The number of imidazole rings is 1. The van der Waals surface area contributed by atoms with Crippen molar-refractivity contribution in [2.45, 2.75) is 19.5 Å². The van der Waals surface area contributed by atoms with Gasteiger partial charge in [0, 0.05) is 6.04 Å². The van der Waals surface area contributed by atoms with Gasteiger partial charge in [0.05, 0.1) is 17.1 Å². The Labute approximate surface area is 131 Å². The molecule has 3 nitrogen and oxygen atoms in total. The van der Waals surface area contributed by atoms with Crippen LogP contribution in [0.2, 0.25) is 5.02 Å². The van der Waals surface area contributed by atoms with E-state index in [1.165, 1.54) is 12.1 Å². The first kappa shape index (κ1) is 14.9. The van der Waals surface area contributed by atoms with Crippen LogP contribution in [0.15, 0.2) is 36.4 Å². The van der Waals surface area contributed by atoms with Crippen LogP contribution in [-0.2, 0) is 6.54 Å². The smallest absolute Gasteiger partial charge is 0.151 e. The molecule has 0 saturated carbocycles. The van der Waals surface area contributed by atoms with E-state index in [2.05, 4.69) is 15.3 Å². The van der Waals surface area contributed by atoms with Crippen molar-refractivity contribution < 1.29 is 8.78 Å². The fraction of sp³-hybridized carbons (Fsp3) is 0.188. The molecule has 6 heteroatoms. The molecule has 0 saturated heterocycles. The number of aromatic nitrogens is 2. The molecule has 1 atom stereocenters. The first-order chi connectivity index (χ1) is 10.5. The molecule has 0 amide bonds. The van der Waals surface area contributed by atoms with Gasteiger partial charge in [0.1, 0.15) is 17.2 Å². The lowest BCUT2D eigenvalue weighted by Crippen LogP contribution is -2.18. The zero-order valence-corrected chi connectivity index (χ0v) is 12.6. The lowest BCUT2D eigenvalue weighted by atomic mass is 10.1. The van der Waals surface area contributed by atoms with E-state index in [0.29, 0.717) is 23.4 Å². The molecule has 0 fully saturated rings. The standard InChI is InChI=1S/C16H14ClF2N3/c1-9(10-5-6-12(18)11(17)7-10)20-8-15-21-14-4-2-3-13(19)16(14)22-15/h2-7,9,20H,8H2,1H3,(H,21,22). The predicted molar refractivity (Wildman–Crippen MR) is 82.7 cm³/mol. The lowest BCUT2D eigenvalue weighted by Gasteiger charge is -2.13. The molecular formula is C16H14ClF2N3.